The van der Waals surface area contributed by atoms with Gasteiger partial charge in [0.1, 0.15) is 12.4 Å². The maximum Gasteiger partial charge on any atom is 0.202 e. The van der Waals surface area contributed by atoms with Crippen LogP contribution in [0.1, 0.15) is 25.7 Å². The van der Waals surface area contributed by atoms with Crippen LogP contribution in [0.2, 0.25) is 0 Å². The highest BCUT2D eigenvalue weighted by Crippen LogP contribution is 2.43. The van der Waals surface area contributed by atoms with Gasteiger partial charge in [-0.25, -0.2) is 0 Å². The predicted molar refractivity (Wildman–Crippen MR) is 77.6 cm³/mol. The second-order valence-corrected chi connectivity index (χ2v) is 5.87. The molecule has 1 fully saturated rings. The highest BCUT2D eigenvalue weighted by molar-refractivity contribution is 5.93. The number of para-hydroxylation sites is 2. The van der Waals surface area contributed by atoms with Gasteiger partial charge in [0.15, 0.2) is 11.5 Å². The van der Waals surface area contributed by atoms with Crippen molar-refractivity contribution < 1.29 is 9.47 Å². The lowest BCUT2D eigenvalue weighted by molar-refractivity contribution is 0.000210. The van der Waals surface area contributed by atoms with E-state index in [2.05, 4.69) is 10.3 Å². The average molecular weight is 272 g/mol. The molecule has 0 spiro atoms. The Morgan fingerprint density at radius 1 is 1.15 bits per heavy atom. The third-order valence-corrected chi connectivity index (χ3v) is 4.67. The Morgan fingerprint density at radius 2 is 1.95 bits per heavy atom. The lowest BCUT2D eigenvalue weighted by Gasteiger charge is -2.42. The van der Waals surface area contributed by atoms with Crippen LogP contribution in [0.15, 0.2) is 29.3 Å². The SMILES string of the molecule is c1ccc2c(c1)OC[C@@](C1=NCCN1)(C1CCCC1)O2. The van der Waals surface area contributed by atoms with E-state index in [4.69, 9.17) is 9.47 Å². The molecule has 1 saturated carbocycles. The number of hydrogen-bond acceptors (Lipinski definition) is 4. The molecule has 4 rings (SSSR count). The third-order valence-electron chi connectivity index (χ3n) is 4.67. The van der Waals surface area contributed by atoms with E-state index in [1.54, 1.807) is 0 Å². The molecule has 4 nitrogen and oxygen atoms in total. The number of benzene rings is 1. The van der Waals surface area contributed by atoms with Crippen molar-refractivity contribution in [2.75, 3.05) is 19.7 Å². The van der Waals surface area contributed by atoms with Crippen molar-refractivity contribution in [2.45, 2.75) is 31.3 Å². The van der Waals surface area contributed by atoms with Gasteiger partial charge >= 0.3 is 0 Å². The van der Waals surface area contributed by atoms with Crippen LogP contribution in [0.5, 0.6) is 11.5 Å². The van der Waals surface area contributed by atoms with Gasteiger partial charge in [-0.3, -0.25) is 4.99 Å². The topological polar surface area (TPSA) is 42.8 Å². The van der Waals surface area contributed by atoms with Crippen LogP contribution in [-0.2, 0) is 0 Å². The molecule has 0 amide bonds. The summed E-state index contributed by atoms with van der Waals surface area (Å²) < 4.78 is 12.5. The second-order valence-electron chi connectivity index (χ2n) is 5.87. The Kier molecular flexibility index (Phi) is 2.83. The fourth-order valence-corrected chi connectivity index (χ4v) is 3.65. The predicted octanol–water partition coefficient (Wildman–Crippen LogP) is 2.39. The number of hydrogen-bond donors (Lipinski definition) is 1. The molecule has 2 heterocycles. The minimum Gasteiger partial charge on any atom is -0.485 e. The molecule has 1 aromatic rings. The zero-order valence-corrected chi connectivity index (χ0v) is 11.6. The van der Waals surface area contributed by atoms with E-state index in [0.29, 0.717) is 12.5 Å². The third kappa shape index (κ3) is 1.78. The van der Waals surface area contributed by atoms with Crippen LogP contribution >= 0.6 is 0 Å². The van der Waals surface area contributed by atoms with Crippen molar-refractivity contribution in [3.8, 4) is 11.5 Å². The van der Waals surface area contributed by atoms with Crippen molar-refractivity contribution in [1.29, 1.82) is 0 Å². The Morgan fingerprint density at radius 3 is 2.70 bits per heavy atom. The highest BCUT2D eigenvalue weighted by atomic mass is 16.6. The van der Waals surface area contributed by atoms with Crippen LogP contribution in [0.3, 0.4) is 0 Å². The first kappa shape index (κ1) is 12.1. The zero-order valence-electron chi connectivity index (χ0n) is 11.6. The molecular formula is C16H20N2O2. The highest BCUT2D eigenvalue weighted by Gasteiger charge is 2.50. The van der Waals surface area contributed by atoms with Crippen molar-refractivity contribution in [3.63, 3.8) is 0 Å². The van der Waals surface area contributed by atoms with Gasteiger partial charge < -0.3 is 14.8 Å². The lowest BCUT2D eigenvalue weighted by Crippen LogP contribution is -2.59. The summed E-state index contributed by atoms with van der Waals surface area (Å²) in [5.41, 5.74) is -0.401. The lowest BCUT2D eigenvalue weighted by atomic mass is 9.84. The molecule has 20 heavy (non-hydrogen) atoms. The standard InChI is InChI=1S/C16H20N2O2/c1-2-6-12(5-1)16(15-17-9-10-18-15)11-19-13-7-3-4-8-14(13)20-16/h3-4,7-8,12H,1-2,5-6,9-11H2,(H,17,18)/t16-/m0/s1. The molecule has 106 valence electrons. The summed E-state index contributed by atoms with van der Waals surface area (Å²) in [6.07, 6.45) is 4.97. The number of amidine groups is 1. The number of nitrogens with zero attached hydrogens (tertiary/aromatic N) is 1. The van der Waals surface area contributed by atoms with Gasteiger partial charge in [0.2, 0.25) is 5.60 Å². The van der Waals surface area contributed by atoms with Crippen LogP contribution in [0.4, 0.5) is 0 Å². The largest absolute Gasteiger partial charge is 0.485 e. The first-order chi connectivity index (χ1) is 9.88. The van der Waals surface area contributed by atoms with Crippen LogP contribution in [-0.4, -0.2) is 31.1 Å². The van der Waals surface area contributed by atoms with Gasteiger partial charge in [-0.05, 0) is 25.0 Å². The number of aliphatic imine (C=N–C) groups is 1. The fourth-order valence-electron chi connectivity index (χ4n) is 3.65. The summed E-state index contributed by atoms with van der Waals surface area (Å²) in [5, 5.41) is 3.42. The van der Waals surface area contributed by atoms with Gasteiger partial charge in [0.05, 0.1) is 6.54 Å². The maximum absolute atomic E-state index is 6.47. The molecule has 4 heteroatoms. The summed E-state index contributed by atoms with van der Waals surface area (Å²) in [5.74, 6) is 3.20. The van der Waals surface area contributed by atoms with Gasteiger partial charge in [0.25, 0.3) is 0 Å². The van der Waals surface area contributed by atoms with E-state index in [1.165, 1.54) is 25.7 Å². The summed E-state index contributed by atoms with van der Waals surface area (Å²) in [6.45, 7) is 2.32. The fraction of sp³-hybridized carbons (Fsp3) is 0.562. The molecule has 0 aromatic heterocycles. The van der Waals surface area contributed by atoms with Gasteiger partial charge in [-0.2, -0.15) is 0 Å². The number of fused-ring (bicyclic) bond motifs is 1. The van der Waals surface area contributed by atoms with Crippen LogP contribution in [0.25, 0.3) is 0 Å². The Hall–Kier alpha value is -1.71. The molecule has 0 radical (unpaired) electrons. The summed E-state index contributed by atoms with van der Waals surface area (Å²) in [7, 11) is 0. The first-order valence-electron chi connectivity index (χ1n) is 7.58. The van der Waals surface area contributed by atoms with Crippen molar-refractivity contribution in [3.05, 3.63) is 24.3 Å². The summed E-state index contributed by atoms with van der Waals surface area (Å²) >= 11 is 0. The number of nitrogens with one attached hydrogen (secondary N) is 1. The normalized spacial score (nSPS) is 29.1. The Balaban J connectivity index is 1.73. The average Bonchev–Trinajstić information content (AvgIpc) is 3.20. The zero-order chi connectivity index (χ0) is 13.4. The van der Waals surface area contributed by atoms with Crippen LogP contribution < -0.4 is 14.8 Å². The monoisotopic (exact) mass is 272 g/mol. The van der Waals surface area contributed by atoms with Crippen LogP contribution in [0, 0.1) is 5.92 Å². The molecule has 0 saturated heterocycles. The minimum atomic E-state index is -0.401. The maximum atomic E-state index is 6.47. The van der Waals surface area contributed by atoms with E-state index in [0.717, 1.165) is 30.4 Å². The van der Waals surface area contributed by atoms with Crippen molar-refractivity contribution in [2.24, 2.45) is 10.9 Å². The first-order valence-corrected chi connectivity index (χ1v) is 7.58. The van der Waals surface area contributed by atoms with Gasteiger partial charge in [-0.15, -0.1) is 0 Å². The smallest absolute Gasteiger partial charge is 0.202 e. The second kappa shape index (κ2) is 4.69. The minimum absolute atomic E-state index is 0.401. The summed E-state index contributed by atoms with van der Waals surface area (Å²) in [6, 6.07) is 7.94. The molecule has 2 aliphatic heterocycles. The quantitative estimate of drug-likeness (QED) is 0.899. The molecule has 0 bridgehead atoms. The molecule has 1 aromatic carbocycles. The Labute approximate surface area is 119 Å². The molecule has 1 N–H and O–H groups in total. The molecule has 1 aliphatic carbocycles. The number of rotatable bonds is 2. The van der Waals surface area contributed by atoms with E-state index in [1.807, 2.05) is 24.3 Å². The molecule has 1 atom stereocenters. The molecule has 0 unspecified atom stereocenters. The summed E-state index contributed by atoms with van der Waals surface area (Å²) in [4.78, 5) is 4.65. The van der Waals surface area contributed by atoms with Crippen molar-refractivity contribution in [1.82, 2.24) is 5.32 Å². The molecular weight excluding hydrogens is 252 g/mol. The van der Waals surface area contributed by atoms with Crippen molar-refractivity contribution >= 4 is 5.84 Å². The van der Waals surface area contributed by atoms with E-state index in [-0.39, 0.29) is 0 Å². The van der Waals surface area contributed by atoms with E-state index >= 15 is 0 Å². The van der Waals surface area contributed by atoms with Gasteiger partial charge in [0, 0.05) is 12.5 Å². The molecule has 3 aliphatic rings. The Bertz CT molecular complexity index is 537. The number of ether oxygens (including phenoxy) is 2. The van der Waals surface area contributed by atoms with Gasteiger partial charge in [-0.1, -0.05) is 25.0 Å². The van der Waals surface area contributed by atoms with E-state index in [9.17, 15) is 0 Å². The van der Waals surface area contributed by atoms with E-state index < -0.39 is 5.60 Å².